The Balaban J connectivity index is 1.48. The molecule has 2 aromatic rings. The summed E-state index contributed by atoms with van der Waals surface area (Å²) in [6.07, 6.45) is 4.00. The number of piperidine rings is 1. The highest BCUT2D eigenvalue weighted by molar-refractivity contribution is 7.18. The number of ether oxygens (including phenoxy) is 1. The van der Waals surface area contributed by atoms with E-state index in [2.05, 4.69) is 10.3 Å². The molecule has 2 fully saturated rings. The third-order valence-corrected chi connectivity index (χ3v) is 6.35. The minimum atomic E-state index is -0.275. The van der Waals surface area contributed by atoms with Gasteiger partial charge in [0.15, 0.2) is 16.7 Å². The maximum atomic E-state index is 13.1. The molecule has 29 heavy (non-hydrogen) atoms. The molecule has 0 radical (unpaired) electrons. The number of aliphatic hydroxyl groups excluding tert-OH is 1. The Hall–Kier alpha value is -2.07. The van der Waals surface area contributed by atoms with Crippen molar-refractivity contribution in [1.82, 2.24) is 9.88 Å². The number of likely N-dealkylation sites (tertiary alicyclic amines) is 1. The van der Waals surface area contributed by atoms with Crippen LogP contribution in [-0.4, -0.2) is 65.6 Å². The van der Waals surface area contributed by atoms with Gasteiger partial charge in [0.1, 0.15) is 10.6 Å². The van der Waals surface area contributed by atoms with Gasteiger partial charge in [-0.05, 0) is 37.8 Å². The molecule has 0 spiro atoms. The van der Waals surface area contributed by atoms with Crippen LogP contribution in [0.3, 0.4) is 0 Å². The molecule has 0 aliphatic carbocycles. The number of aliphatic hydroxyl groups is 1. The lowest BCUT2D eigenvalue weighted by atomic mass is 9.94. The Bertz CT molecular complexity index is 836. The number of rotatable bonds is 6. The second-order valence-electron chi connectivity index (χ2n) is 7.48. The van der Waals surface area contributed by atoms with Crippen LogP contribution < -0.4 is 5.32 Å². The fourth-order valence-corrected chi connectivity index (χ4v) is 4.71. The third kappa shape index (κ3) is 4.92. The number of furan rings is 1. The van der Waals surface area contributed by atoms with Gasteiger partial charge < -0.3 is 19.6 Å². The highest BCUT2D eigenvalue weighted by atomic mass is 32.1. The highest BCUT2D eigenvalue weighted by Gasteiger charge is 2.29. The van der Waals surface area contributed by atoms with Gasteiger partial charge in [-0.2, -0.15) is 0 Å². The number of thiazole rings is 1. The SMILES string of the molecule is O=C(CN1CCC(O)CC1)Nc1nc(-c2ccco2)c(C(=O)C2CCOCC2)s1. The van der Waals surface area contributed by atoms with Crippen molar-refractivity contribution in [2.24, 2.45) is 5.92 Å². The molecule has 2 aliphatic heterocycles. The molecule has 2 saturated heterocycles. The van der Waals surface area contributed by atoms with E-state index in [0.717, 1.165) is 0 Å². The van der Waals surface area contributed by atoms with Gasteiger partial charge in [-0.1, -0.05) is 11.3 Å². The quantitative estimate of drug-likeness (QED) is 0.693. The van der Waals surface area contributed by atoms with E-state index in [4.69, 9.17) is 9.15 Å². The summed E-state index contributed by atoms with van der Waals surface area (Å²) in [4.78, 5) is 32.6. The third-order valence-electron chi connectivity index (χ3n) is 5.37. The lowest BCUT2D eigenvalue weighted by Crippen LogP contribution is -2.40. The second kappa shape index (κ2) is 9.17. The summed E-state index contributed by atoms with van der Waals surface area (Å²) in [7, 11) is 0. The molecule has 2 aromatic heterocycles. The lowest BCUT2D eigenvalue weighted by Gasteiger charge is -2.28. The van der Waals surface area contributed by atoms with Crippen LogP contribution >= 0.6 is 11.3 Å². The minimum absolute atomic E-state index is 0.0303. The van der Waals surface area contributed by atoms with Gasteiger partial charge in [-0.25, -0.2) is 4.98 Å². The molecule has 8 nitrogen and oxygen atoms in total. The van der Waals surface area contributed by atoms with Crippen LogP contribution in [0.2, 0.25) is 0 Å². The molecule has 156 valence electrons. The average molecular weight is 420 g/mol. The van der Waals surface area contributed by atoms with Crippen molar-refractivity contribution < 1.29 is 23.8 Å². The van der Waals surface area contributed by atoms with Crippen LogP contribution in [-0.2, 0) is 9.53 Å². The summed E-state index contributed by atoms with van der Waals surface area (Å²) in [5.74, 6) is 0.275. The number of ketones is 1. The van der Waals surface area contributed by atoms with E-state index in [-0.39, 0.29) is 30.3 Å². The van der Waals surface area contributed by atoms with Crippen molar-refractivity contribution in [2.45, 2.75) is 31.8 Å². The van der Waals surface area contributed by atoms with E-state index in [1.165, 1.54) is 11.3 Å². The molecule has 0 unspecified atom stereocenters. The van der Waals surface area contributed by atoms with Gasteiger partial charge in [0.2, 0.25) is 5.91 Å². The second-order valence-corrected chi connectivity index (χ2v) is 8.48. The Morgan fingerprint density at radius 1 is 1.24 bits per heavy atom. The smallest absolute Gasteiger partial charge is 0.240 e. The first kappa shape index (κ1) is 20.2. The summed E-state index contributed by atoms with van der Waals surface area (Å²) in [5, 5.41) is 12.8. The first-order chi connectivity index (χ1) is 14.1. The van der Waals surface area contributed by atoms with E-state index in [1.54, 1.807) is 18.4 Å². The summed E-state index contributed by atoms with van der Waals surface area (Å²) < 4.78 is 10.8. The summed E-state index contributed by atoms with van der Waals surface area (Å²) in [6.45, 7) is 2.79. The van der Waals surface area contributed by atoms with E-state index >= 15 is 0 Å². The van der Waals surface area contributed by atoms with Crippen LogP contribution in [0.5, 0.6) is 0 Å². The van der Waals surface area contributed by atoms with Gasteiger partial charge in [0.05, 0.1) is 18.9 Å². The van der Waals surface area contributed by atoms with Crippen molar-refractivity contribution in [3.05, 3.63) is 23.3 Å². The molecule has 1 amide bonds. The molecule has 4 rings (SSSR count). The Morgan fingerprint density at radius 3 is 2.69 bits per heavy atom. The molecule has 4 heterocycles. The summed E-state index contributed by atoms with van der Waals surface area (Å²) in [6, 6.07) is 3.51. The monoisotopic (exact) mass is 419 g/mol. The van der Waals surface area contributed by atoms with E-state index in [1.807, 2.05) is 4.90 Å². The number of Topliss-reactive ketones (excluding diaryl/α,β-unsaturated/α-hetero) is 1. The predicted molar refractivity (Wildman–Crippen MR) is 108 cm³/mol. The topological polar surface area (TPSA) is 105 Å². The van der Waals surface area contributed by atoms with Gasteiger partial charge >= 0.3 is 0 Å². The highest BCUT2D eigenvalue weighted by Crippen LogP contribution is 2.35. The first-order valence-electron chi connectivity index (χ1n) is 9.97. The van der Waals surface area contributed by atoms with E-state index in [9.17, 15) is 14.7 Å². The zero-order valence-electron chi connectivity index (χ0n) is 16.1. The number of hydrogen-bond donors (Lipinski definition) is 2. The van der Waals surface area contributed by atoms with Gasteiger partial charge in [-0.3, -0.25) is 14.5 Å². The maximum absolute atomic E-state index is 13.1. The number of carbonyl (C=O) groups excluding carboxylic acids is 2. The van der Waals surface area contributed by atoms with Crippen LogP contribution in [0, 0.1) is 5.92 Å². The molecule has 2 N–H and O–H groups in total. The van der Waals surface area contributed by atoms with Crippen LogP contribution in [0.4, 0.5) is 5.13 Å². The number of nitrogens with one attached hydrogen (secondary N) is 1. The van der Waals surface area contributed by atoms with Crippen molar-refractivity contribution in [3.8, 4) is 11.5 Å². The van der Waals surface area contributed by atoms with Crippen molar-refractivity contribution >= 4 is 28.2 Å². The summed E-state index contributed by atoms with van der Waals surface area (Å²) in [5.41, 5.74) is 0.480. The van der Waals surface area contributed by atoms with E-state index < -0.39 is 0 Å². The molecule has 0 atom stereocenters. The molecule has 0 saturated carbocycles. The zero-order chi connectivity index (χ0) is 20.2. The average Bonchev–Trinajstić information content (AvgIpc) is 3.39. The largest absolute Gasteiger partial charge is 0.463 e. The van der Waals surface area contributed by atoms with Crippen LogP contribution in [0.1, 0.15) is 35.4 Å². The lowest BCUT2D eigenvalue weighted by molar-refractivity contribution is -0.117. The molecule has 2 aliphatic rings. The van der Waals surface area contributed by atoms with E-state index in [0.29, 0.717) is 73.4 Å². The number of carbonyl (C=O) groups is 2. The number of nitrogens with zero attached hydrogens (tertiary/aromatic N) is 2. The number of amides is 1. The molecule has 9 heteroatoms. The Labute approximate surface area is 172 Å². The van der Waals surface area contributed by atoms with Gasteiger partial charge in [0, 0.05) is 32.2 Å². The van der Waals surface area contributed by atoms with Gasteiger partial charge in [-0.15, -0.1) is 0 Å². The summed E-state index contributed by atoms with van der Waals surface area (Å²) >= 11 is 1.20. The zero-order valence-corrected chi connectivity index (χ0v) is 17.0. The van der Waals surface area contributed by atoms with Crippen LogP contribution in [0.15, 0.2) is 22.8 Å². The van der Waals surface area contributed by atoms with Crippen molar-refractivity contribution in [3.63, 3.8) is 0 Å². The van der Waals surface area contributed by atoms with Crippen LogP contribution in [0.25, 0.3) is 11.5 Å². The van der Waals surface area contributed by atoms with Crippen molar-refractivity contribution in [2.75, 3.05) is 38.2 Å². The Kier molecular flexibility index (Phi) is 6.39. The molecule has 0 bridgehead atoms. The number of hydrogen-bond acceptors (Lipinski definition) is 8. The van der Waals surface area contributed by atoms with Crippen molar-refractivity contribution in [1.29, 1.82) is 0 Å². The number of anilines is 1. The van der Waals surface area contributed by atoms with Gasteiger partial charge in [0.25, 0.3) is 0 Å². The fourth-order valence-electron chi connectivity index (χ4n) is 3.71. The maximum Gasteiger partial charge on any atom is 0.240 e. The Morgan fingerprint density at radius 2 is 2.00 bits per heavy atom. The molecular formula is C20H25N3O5S. The molecule has 0 aromatic carbocycles. The number of aromatic nitrogens is 1. The standard InChI is InChI=1S/C20H25N3O5S/c24-14-3-7-23(8-4-14)12-16(25)21-20-22-17(15-2-1-9-28-15)19(29-20)18(26)13-5-10-27-11-6-13/h1-2,9,13-14,24H,3-8,10-12H2,(H,21,22,25). The first-order valence-corrected chi connectivity index (χ1v) is 10.8. The molecular weight excluding hydrogens is 394 g/mol. The fraction of sp³-hybridized carbons (Fsp3) is 0.550. The minimum Gasteiger partial charge on any atom is -0.463 e. The predicted octanol–water partition coefficient (Wildman–Crippen LogP) is 2.41. The normalized spacial score (nSPS) is 19.3.